The first-order valence-electron chi connectivity index (χ1n) is 7.74. The van der Waals surface area contributed by atoms with Crippen LogP contribution in [0.15, 0.2) is 18.2 Å². The quantitative estimate of drug-likeness (QED) is 0.791. The predicted octanol–water partition coefficient (Wildman–Crippen LogP) is 2.21. The average molecular weight is 302 g/mol. The van der Waals surface area contributed by atoms with E-state index >= 15 is 0 Å². The van der Waals surface area contributed by atoms with Gasteiger partial charge in [0, 0.05) is 24.8 Å². The van der Waals surface area contributed by atoms with Crippen molar-refractivity contribution >= 4 is 22.6 Å². The monoisotopic (exact) mass is 302 g/mol. The molecule has 0 radical (unpaired) electrons. The fraction of sp³-hybridized carbons (Fsp3) is 0.500. The Balaban J connectivity index is 1.76. The Hall–Kier alpha value is -1.92. The Bertz CT molecular complexity index is 661. The maximum absolute atomic E-state index is 12.1. The summed E-state index contributed by atoms with van der Waals surface area (Å²) in [6, 6.07) is 5.72. The van der Waals surface area contributed by atoms with E-state index < -0.39 is 0 Å². The Morgan fingerprint density at radius 3 is 3.14 bits per heavy atom. The van der Waals surface area contributed by atoms with Crippen LogP contribution in [0.1, 0.15) is 31.7 Å². The number of hydrogen-bond acceptors (Lipinski definition) is 4. The van der Waals surface area contributed by atoms with Crippen molar-refractivity contribution in [2.75, 3.05) is 25.5 Å². The lowest BCUT2D eigenvalue weighted by molar-refractivity contribution is -0.119. The van der Waals surface area contributed by atoms with Gasteiger partial charge in [-0.05, 0) is 38.1 Å². The number of amides is 1. The number of benzene rings is 1. The minimum atomic E-state index is -0.0788. The topological polar surface area (TPSA) is 79.0 Å². The van der Waals surface area contributed by atoms with Gasteiger partial charge in [0.2, 0.25) is 5.91 Å². The summed E-state index contributed by atoms with van der Waals surface area (Å²) in [7, 11) is 1.84. The van der Waals surface area contributed by atoms with Gasteiger partial charge in [0.25, 0.3) is 0 Å². The summed E-state index contributed by atoms with van der Waals surface area (Å²) in [5.74, 6) is 0.803. The van der Waals surface area contributed by atoms with E-state index in [4.69, 9.17) is 4.74 Å². The standard InChI is InChI=1S/C16H22N4O2/c1-10(9-17-2)16(21)18-11-5-6-12-13(8-11)20-15(19-12)14-4-3-7-22-14/h5-6,8,10,14,17H,3-4,7,9H2,1-2H3,(H,18,21)(H,19,20). The second-order valence-electron chi connectivity index (χ2n) is 5.80. The number of aromatic amines is 1. The Morgan fingerprint density at radius 1 is 1.55 bits per heavy atom. The first-order valence-corrected chi connectivity index (χ1v) is 7.74. The molecule has 1 saturated heterocycles. The summed E-state index contributed by atoms with van der Waals surface area (Å²) in [5, 5.41) is 5.95. The third kappa shape index (κ3) is 3.13. The minimum Gasteiger partial charge on any atom is -0.370 e. The van der Waals surface area contributed by atoms with Crippen molar-refractivity contribution in [3.63, 3.8) is 0 Å². The van der Waals surface area contributed by atoms with E-state index in [1.165, 1.54) is 0 Å². The number of nitrogens with one attached hydrogen (secondary N) is 3. The summed E-state index contributed by atoms with van der Waals surface area (Å²) in [5.41, 5.74) is 2.60. The summed E-state index contributed by atoms with van der Waals surface area (Å²) in [4.78, 5) is 19.9. The van der Waals surface area contributed by atoms with Crippen molar-refractivity contribution in [1.82, 2.24) is 15.3 Å². The molecule has 1 amide bonds. The number of hydrogen-bond donors (Lipinski definition) is 3. The molecule has 0 saturated carbocycles. The third-order valence-electron chi connectivity index (χ3n) is 3.96. The summed E-state index contributed by atoms with van der Waals surface area (Å²) in [6.07, 6.45) is 2.15. The van der Waals surface area contributed by atoms with E-state index in [1.54, 1.807) is 0 Å². The molecule has 22 heavy (non-hydrogen) atoms. The first kappa shape index (κ1) is 15.0. The highest BCUT2D eigenvalue weighted by Crippen LogP contribution is 2.28. The van der Waals surface area contributed by atoms with E-state index in [-0.39, 0.29) is 17.9 Å². The fourth-order valence-corrected chi connectivity index (χ4v) is 2.72. The van der Waals surface area contributed by atoms with E-state index in [0.29, 0.717) is 6.54 Å². The second-order valence-corrected chi connectivity index (χ2v) is 5.80. The molecule has 0 bridgehead atoms. The molecule has 118 valence electrons. The van der Waals surface area contributed by atoms with Crippen LogP contribution in [0.5, 0.6) is 0 Å². The lowest BCUT2D eigenvalue weighted by Gasteiger charge is -2.11. The molecule has 1 aliphatic heterocycles. The molecule has 1 fully saturated rings. The summed E-state index contributed by atoms with van der Waals surface area (Å²) >= 11 is 0. The van der Waals surface area contributed by atoms with Crippen LogP contribution in [0.4, 0.5) is 5.69 Å². The molecule has 0 spiro atoms. The van der Waals surface area contributed by atoms with Crippen molar-refractivity contribution < 1.29 is 9.53 Å². The van der Waals surface area contributed by atoms with Crippen molar-refractivity contribution in [1.29, 1.82) is 0 Å². The number of nitrogens with zero attached hydrogens (tertiary/aromatic N) is 1. The molecule has 2 atom stereocenters. The molecule has 2 heterocycles. The number of fused-ring (bicyclic) bond motifs is 1. The fourth-order valence-electron chi connectivity index (χ4n) is 2.72. The smallest absolute Gasteiger partial charge is 0.228 e. The number of carbonyl (C=O) groups is 1. The third-order valence-corrected chi connectivity index (χ3v) is 3.96. The van der Waals surface area contributed by atoms with E-state index in [2.05, 4.69) is 20.6 Å². The molecule has 1 aliphatic rings. The predicted molar refractivity (Wildman–Crippen MR) is 85.7 cm³/mol. The summed E-state index contributed by atoms with van der Waals surface area (Å²) in [6.45, 7) is 3.35. The molecule has 1 aromatic carbocycles. The SMILES string of the molecule is CNCC(C)C(=O)Nc1ccc2nc(C3CCCO3)[nH]c2c1. The van der Waals surface area contributed by atoms with Crippen LogP contribution in [0.25, 0.3) is 11.0 Å². The number of ether oxygens (including phenoxy) is 1. The highest BCUT2D eigenvalue weighted by atomic mass is 16.5. The number of H-pyrrole nitrogens is 1. The zero-order chi connectivity index (χ0) is 15.5. The molecule has 2 unspecified atom stereocenters. The van der Waals surface area contributed by atoms with Crippen LogP contribution in [-0.2, 0) is 9.53 Å². The van der Waals surface area contributed by atoms with Gasteiger partial charge in [-0.1, -0.05) is 6.92 Å². The van der Waals surface area contributed by atoms with Gasteiger partial charge in [-0.2, -0.15) is 0 Å². The van der Waals surface area contributed by atoms with Gasteiger partial charge in [0.05, 0.1) is 11.0 Å². The minimum absolute atomic E-state index is 0.00700. The highest BCUT2D eigenvalue weighted by molar-refractivity contribution is 5.94. The molecule has 0 aliphatic carbocycles. The van der Waals surface area contributed by atoms with Gasteiger partial charge < -0.3 is 20.4 Å². The van der Waals surface area contributed by atoms with Crippen molar-refractivity contribution in [2.24, 2.45) is 5.92 Å². The molecule has 6 heteroatoms. The molecule has 2 aromatic rings. The number of carbonyl (C=O) groups excluding carboxylic acids is 1. The highest BCUT2D eigenvalue weighted by Gasteiger charge is 2.21. The number of rotatable bonds is 5. The zero-order valence-electron chi connectivity index (χ0n) is 13.0. The van der Waals surface area contributed by atoms with Crippen molar-refractivity contribution in [3.05, 3.63) is 24.0 Å². The van der Waals surface area contributed by atoms with Gasteiger partial charge in [-0.15, -0.1) is 0 Å². The average Bonchev–Trinajstić information content (AvgIpc) is 3.15. The van der Waals surface area contributed by atoms with Gasteiger partial charge in [0.15, 0.2) is 0 Å². The molecule has 3 rings (SSSR count). The molecule has 3 N–H and O–H groups in total. The maximum atomic E-state index is 12.1. The van der Waals surface area contributed by atoms with Crippen LogP contribution in [0, 0.1) is 5.92 Å². The first-order chi connectivity index (χ1) is 10.7. The van der Waals surface area contributed by atoms with E-state index in [1.807, 2.05) is 32.2 Å². The van der Waals surface area contributed by atoms with Crippen LogP contribution in [-0.4, -0.2) is 36.1 Å². The van der Waals surface area contributed by atoms with E-state index in [9.17, 15) is 4.79 Å². The van der Waals surface area contributed by atoms with Crippen LogP contribution < -0.4 is 10.6 Å². The van der Waals surface area contributed by atoms with E-state index in [0.717, 1.165) is 42.0 Å². The number of aromatic nitrogens is 2. The second kappa shape index (κ2) is 6.46. The number of imidazole rings is 1. The van der Waals surface area contributed by atoms with Gasteiger partial charge in [0.1, 0.15) is 11.9 Å². The molecule has 1 aromatic heterocycles. The van der Waals surface area contributed by atoms with Gasteiger partial charge >= 0.3 is 0 Å². The van der Waals surface area contributed by atoms with Gasteiger partial charge in [-0.3, -0.25) is 4.79 Å². The Kier molecular flexibility index (Phi) is 4.40. The summed E-state index contributed by atoms with van der Waals surface area (Å²) < 4.78 is 5.65. The lowest BCUT2D eigenvalue weighted by Crippen LogP contribution is -2.28. The normalized spacial score (nSPS) is 19.5. The molecular weight excluding hydrogens is 280 g/mol. The lowest BCUT2D eigenvalue weighted by atomic mass is 10.1. The van der Waals surface area contributed by atoms with Crippen LogP contribution in [0.3, 0.4) is 0 Å². The van der Waals surface area contributed by atoms with Crippen molar-refractivity contribution in [3.8, 4) is 0 Å². The Morgan fingerprint density at radius 2 is 2.41 bits per heavy atom. The van der Waals surface area contributed by atoms with Crippen LogP contribution in [0.2, 0.25) is 0 Å². The zero-order valence-corrected chi connectivity index (χ0v) is 13.0. The van der Waals surface area contributed by atoms with Crippen molar-refractivity contribution in [2.45, 2.75) is 25.9 Å². The number of anilines is 1. The van der Waals surface area contributed by atoms with Crippen LogP contribution >= 0.6 is 0 Å². The Labute approximate surface area is 129 Å². The maximum Gasteiger partial charge on any atom is 0.228 e. The molecule has 6 nitrogen and oxygen atoms in total. The van der Waals surface area contributed by atoms with Gasteiger partial charge in [-0.25, -0.2) is 4.98 Å². The molecular formula is C16H22N4O2. The largest absolute Gasteiger partial charge is 0.370 e.